The fraction of sp³-hybridized carbons (Fsp3) is 0.600. The molecule has 1 aromatic rings. The summed E-state index contributed by atoms with van der Waals surface area (Å²) < 4.78 is 29.0. The van der Waals surface area contributed by atoms with E-state index in [9.17, 15) is 18.0 Å². The molecule has 1 saturated carbocycles. The number of carbonyl (C=O) groups excluding carboxylic acids is 2. The molecule has 1 atom stereocenters. The third kappa shape index (κ3) is 4.84. The number of amides is 1. The molecule has 8 heteroatoms. The van der Waals surface area contributed by atoms with Crippen LogP contribution < -0.4 is 4.90 Å². The lowest BCUT2D eigenvalue weighted by Gasteiger charge is -2.33. The van der Waals surface area contributed by atoms with Crippen molar-refractivity contribution >= 4 is 27.4 Å². The molecule has 154 valence electrons. The number of hydrogen-bond acceptors (Lipinski definition) is 6. The van der Waals surface area contributed by atoms with E-state index in [-0.39, 0.29) is 36.1 Å². The standard InChI is InChI=1S/C20H28N2O5S/c1-21(2)16-9-7-15(8-10-16)20(24)27-13-19(23)22(17-5-3-4-6-17)18-11-12-28(25,26)14-18/h7-10,17-18H,3-6,11-14H2,1-2H3. The van der Waals surface area contributed by atoms with Crippen LogP contribution in [0.4, 0.5) is 5.69 Å². The predicted molar refractivity (Wildman–Crippen MR) is 107 cm³/mol. The molecule has 3 rings (SSSR count). The zero-order valence-corrected chi connectivity index (χ0v) is 17.3. The quantitative estimate of drug-likeness (QED) is 0.668. The van der Waals surface area contributed by atoms with Gasteiger partial charge in [0.2, 0.25) is 0 Å². The first-order valence-electron chi connectivity index (χ1n) is 9.73. The molecule has 1 saturated heterocycles. The van der Waals surface area contributed by atoms with Gasteiger partial charge in [-0.05, 0) is 43.5 Å². The highest BCUT2D eigenvalue weighted by molar-refractivity contribution is 7.91. The zero-order valence-electron chi connectivity index (χ0n) is 16.5. The van der Waals surface area contributed by atoms with Crippen LogP contribution in [-0.4, -0.2) is 69.5 Å². The van der Waals surface area contributed by atoms with Crippen LogP contribution in [0.2, 0.25) is 0 Å². The molecule has 1 aliphatic carbocycles. The largest absolute Gasteiger partial charge is 0.452 e. The Morgan fingerprint density at radius 2 is 1.68 bits per heavy atom. The molecule has 0 N–H and O–H groups in total. The van der Waals surface area contributed by atoms with Crippen molar-refractivity contribution in [2.24, 2.45) is 0 Å². The smallest absolute Gasteiger partial charge is 0.338 e. The van der Waals surface area contributed by atoms with Crippen molar-refractivity contribution in [2.45, 2.75) is 44.2 Å². The Morgan fingerprint density at radius 1 is 1.04 bits per heavy atom. The summed E-state index contributed by atoms with van der Waals surface area (Å²) in [4.78, 5) is 28.8. The Labute approximate surface area is 166 Å². The van der Waals surface area contributed by atoms with E-state index in [1.54, 1.807) is 17.0 Å². The number of rotatable bonds is 6. The maximum absolute atomic E-state index is 12.9. The summed E-state index contributed by atoms with van der Waals surface area (Å²) in [5, 5.41) is 0. The Balaban J connectivity index is 1.64. The van der Waals surface area contributed by atoms with E-state index in [0.717, 1.165) is 31.4 Å². The molecule has 1 aromatic carbocycles. The van der Waals surface area contributed by atoms with Crippen molar-refractivity contribution in [3.63, 3.8) is 0 Å². The van der Waals surface area contributed by atoms with Crippen molar-refractivity contribution < 1.29 is 22.7 Å². The number of ether oxygens (including phenoxy) is 1. The summed E-state index contributed by atoms with van der Waals surface area (Å²) in [5.41, 5.74) is 1.34. The van der Waals surface area contributed by atoms with Crippen LogP contribution in [-0.2, 0) is 19.4 Å². The maximum atomic E-state index is 12.9. The third-order valence-corrected chi connectivity index (χ3v) is 7.30. The SMILES string of the molecule is CN(C)c1ccc(C(=O)OCC(=O)N(C2CCCC2)C2CCS(=O)(=O)C2)cc1. The second kappa shape index (κ2) is 8.51. The van der Waals surface area contributed by atoms with Crippen LogP contribution in [0, 0.1) is 0 Å². The number of nitrogens with zero attached hydrogens (tertiary/aromatic N) is 2. The summed E-state index contributed by atoms with van der Waals surface area (Å²) in [7, 11) is 0.724. The van der Waals surface area contributed by atoms with Gasteiger partial charge in [-0.3, -0.25) is 4.79 Å². The molecule has 2 fully saturated rings. The van der Waals surface area contributed by atoms with Gasteiger partial charge in [-0.1, -0.05) is 12.8 Å². The molecular formula is C20H28N2O5S. The minimum atomic E-state index is -3.09. The van der Waals surface area contributed by atoms with Gasteiger partial charge in [0.25, 0.3) is 5.91 Å². The van der Waals surface area contributed by atoms with E-state index in [1.807, 2.05) is 31.1 Å². The van der Waals surface area contributed by atoms with Crippen molar-refractivity contribution in [3.8, 4) is 0 Å². The van der Waals surface area contributed by atoms with Crippen LogP contribution in [0.25, 0.3) is 0 Å². The molecule has 1 aliphatic heterocycles. The number of esters is 1. The highest BCUT2D eigenvalue weighted by Crippen LogP contribution is 2.29. The monoisotopic (exact) mass is 408 g/mol. The van der Waals surface area contributed by atoms with Crippen molar-refractivity contribution in [1.29, 1.82) is 0 Å². The molecule has 1 amide bonds. The molecule has 0 bridgehead atoms. The molecule has 7 nitrogen and oxygen atoms in total. The Hall–Kier alpha value is -2.09. The van der Waals surface area contributed by atoms with Crippen molar-refractivity contribution in [1.82, 2.24) is 4.90 Å². The summed E-state index contributed by atoms with van der Waals surface area (Å²) in [5.74, 6) is -0.724. The average Bonchev–Trinajstić information content (AvgIpc) is 3.30. The fourth-order valence-electron chi connectivity index (χ4n) is 4.06. The molecule has 28 heavy (non-hydrogen) atoms. The average molecular weight is 409 g/mol. The van der Waals surface area contributed by atoms with Gasteiger partial charge in [-0.15, -0.1) is 0 Å². The van der Waals surface area contributed by atoms with Gasteiger partial charge in [0, 0.05) is 31.9 Å². The van der Waals surface area contributed by atoms with Crippen LogP contribution in [0.3, 0.4) is 0 Å². The minimum Gasteiger partial charge on any atom is -0.452 e. The molecule has 0 radical (unpaired) electrons. The van der Waals surface area contributed by atoms with Crippen LogP contribution >= 0.6 is 0 Å². The first-order valence-corrected chi connectivity index (χ1v) is 11.5. The lowest BCUT2D eigenvalue weighted by molar-refractivity contribution is -0.139. The molecule has 1 heterocycles. The Kier molecular flexibility index (Phi) is 6.27. The van der Waals surface area contributed by atoms with E-state index in [4.69, 9.17) is 4.74 Å². The third-order valence-electron chi connectivity index (χ3n) is 5.55. The molecule has 0 spiro atoms. The summed E-state index contributed by atoms with van der Waals surface area (Å²) in [6.45, 7) is -0.360. The highest BCUT2D eigenvalue weighted by atomic mass is 32.2. The lowest BCUT2D eigenvalue weighted by Crippen LogP contribution is -2.48. The van der Waals surface area contributed by atoms with E-state index in [0.29, 0.717) is 12.0 Å². The van der Waals surface area contributed by atoms with E-state index < -0.39 is 15.8 Å². The van der Waals surface area contributed by atoms with Crippen LogP contribution in [0.1, 0.15) is 42.5 Å². The normalized spacial score (nSPS) is 21.4. The Bertz CT molecular complexity index is 814. The number of hydrogen-bond donors (Lipinski definition) is 0. The van der Waals surface area contributed by atoms with Gasteiger partial charge in [0.05, 0.1) is 17.1 Å². The number of benzene rings is 1. The predicted octanol–water partition coefficient (Wildman–Crippen LogP) is 1.87. The first kappa shape index (κ1) is 20.6. The van der Waals surface area contributed by atoms with Gasteiger partial charge >= 0.3 is 5.97 Å². The Morgan fingerprint density at radius 3 is 2.21 bits per heavy atom. The molecule has 2 aliphatic rings. The topological polar surface area (TPSA) is 84.0 Å². The molecule has 0 aromatic heterocycles. The van der Waals surface area contributed by atoms with E-state index in [1.165, 1.54) is 0 Å². The summed E-state index contributed by atoms with van der Waals surface area (Å²) in [6, 6.07) is 6.70. The van der Waals surface area contributed by atoms with Gasteiger partial charge < -0.3 is 14.5 Å². The molecule has 1 unspecified atom stereocenters. The number of anilines is 1. The second-order valence-corrected chi connectivity index (χ2v) is 10.0. The second-order valence-electron chi connectivity index (χ2n) is 7.81. The van der Waals surface area contributed by atoms with Crippen LogP contribution in [0.15, 0.2) is 24.3 Å². The number of sulfone groups is 1. The van der Waals surface area contributed by atoms with E-state index >= 15 is 0 Å². The van der Waals surface area contributed by atoms with Crippen molar-refractivity contribution in [3.05, 3.63) is 29.8 Å². The highest BCUT2D eigenvalue weighted by Gasteiger charge is 2.39. The lowest BCUT2D eigenvalue weighted by atomic mass is 10.1. The van der Waals surface area contributed by atoms with Gasteiger partial charge in [0.1, 0.15) is 0 Å². The van der Waals surface area contributed by atoms with Gasteiger partial charge in [-0.25, -0.2) is 13.2 Å². The van der Waals surface area contributed by atoms with Gasteiger partial charge in [0.15, 0.2) is 16.4 Å². The zero-order chi connectivity index (χ0) is 20.3. The summed E-state index contributed by atoms with van der Waals surface area (Å²) in [6.07, 6.45) is 4.28. The maximum Gasteiger partial charge on any atom is 0.338 e. The minimum absolute atomic E-state index is 0.00911. The fourth-order valence-corrected chi connectivity index (χ4v) is 5.77. The van der Waals surface area contributed by atoms with Crippen molar-refractivity contribution in [2.75, 3.05) is 37.1 Å². The molecular weight excluding hydrogens is 380 g/mol. The van der Waals surface area contributed by atoms with Crippen LogP contribution in [0.5, 0.6) is 0 Å². The number of carbonyl (C=O) groups is 2. The summed E-state index contributed by atoms with van der Waals surface area (Å²) >= 11 is 0. The van der Waals surface area contributed by atoms with Gasteiger partial charge in [-0.2, -0.15) is 0 Å². The van der Waals surface area contributed by atoms with E-state index in [2.05, 4.69) is 0 Å². The first-order chi connectivity index (χ1) is 13.3.